The summed E-state index contributed by atoms with van der Waals surface area (Å²) in [5.41, 5.74) is 10.5. The van der Waals surface area contributed by atoms with E-state index in [1.807, 2.05) is 0 Å². The van der Waals surface area contributed by atoms with Gasteiger partial charge in [-0.2, -0.15) is 0 Å². The van der Waals surface area contributed by atoms with Crippen molar-refractivity contribution in [2.75, 3.05) is 0 Å². The van der Waals surface area contributed by atoms with Crippen LogP contribution in [0, 0.1) is 6.92 Å². The fourth-order valence-electron chi connectivity index (χ4n) is 4.52. The molecule has 2 N–H and O–H groups in total. The highest BCUT2D eigenvalue weighted by Gasteiger charge is 2.39. The summed E-state index contributed by atoms with van der Waals surface area (Å²) in [6.45, 7) is 2.17. The fourth-order valence-corrected chi connectivity index (χ4v) is 4.52. The van der Waals surface area contributed by atoms with Crippen LogP contribution in [0.1, 0.15) is 48.4 Å². The molecule has 4 rings (SSSR count). The zero-order valence-electron chi connectivity index (χ0n) is 14.9. The van der Waals surface area contributed by atoms with E-state index in [9.17, 15) is 0 Å². The van der Waals surface area contributed by atoms with Crippen molar-refractivity contribution in [2.45, 2.75) is 57.2 Å². The molecular weight excluding hydrogens is 306 g/mol. The lowest BCUT2D eigenvalue weighted by Gasteiger charge is -2.37. The maximum Gasteiger partial charge on any atom is 0.192 e. The number of aliphatic imine (C=N–C) groups is 1. The lowest BCUT2D eigenvalue weighted by Crippen LogP contribution is -2.49. The number of nitrogens with zero attached hydrogens (tertiary/aromatic N) is 2. The Hall–Kier alpha value is -2.29. The summed E-state index contributed by atoms with van der Waals surface area (Å²) >= 11 is 0. The molecule has 2 aliphatic heterocycles. The zero-order chi connectivity index (χ0) is 17.2. The standard InChI is InChI=1S/C22H27N3/c1-16-7-5-6-10-20(16)21-15-19-14-13-18(25(19)22(23)24-21)12-11-17-8-3-2-4-9-17/h2-10,18-19,21H,11-15H2,1H3,(H2,23,24)/t18-,19+,21+/m0/s1. The lowest BCUT2D eigenvalue weighted by atomic mass is 9.94. The van der Waals surface area contributed by atoms with Gasteiger partial charge in [-0.15, -0.1) is 0 Å². The first-order valence-electron chi connectivity index (χ1n) is 9.43. The Morgan fingerprint density at radius 1 is 1.04 bits per heavy atom. The van der Waals surface area contributed by atoms with Crippen molar-refractivity contribution in [3.63, 3.8) is 0 Å². The van der Waals surface area contributed by atoms with Crippen LogP contribution in [0.25, 0.3) is 0 Å². The summed E-state index contributed by atoms with van der Waals surface area (Å²) in [4.78, 5) is 7.30. The SMILES string of the molecule is Cc1ccccc1[C@H]1C[C@H]2CC[C@H](CCc3ccccc3)N2C(N)=N1. The number of hydrogen-bond acceptors (Lipinski definition) is 3. The topological polar surface area (TPSA) is 41.6 Å². The van der Waals surface area contributed by atoms with Gasteiger partial charge in [0, 0.05) is 12.1 Å². The Kier molecular flexibility index (Phi) is 4.48. The molecule has 2 aromatic rings. The van der Waals surface area contributed by atoms with Crippen LogP contribution in [0.5, 0.6) is 0 Å². The van der Waals surface area contributed by atoms with Crippen molar-refractivity contribution in [3.8, 4) is 0 Å². The van der Waals surface area contributed by atoms with Crippen LogP contribution >= 0.6 is 0 Å². The Morgan fingerprint density at radius 3 is 2.60 bits per heavy atom. The van der Waals surface area contributed by atoms with E-state index in [1.54, 1.807) is 0 Å². The molecule has 0 spiro atoms. The largest absolute Gasteiger partial charge is 0.370 e. The number of hydrogen-bond donors (Lipinski definition) is 1. The first-order chi connectivity index (χ1) is 12.2. The molecule has 0 saturated carbocycles. The predicted molar refractivity (Wildman–Crippen MR) is 104 cm³/mol. The normalized spacial score (nSPS) is 25.6. The van der Waals surface area contributed by atoms with E-state index in [4.69, 9.17) is 10.7 Å². The number of nitrogens with two attached hydrogens (primary N) is 1. The molecule has 0 aliphatic carbocycles. The van der Waals surface area contributed by atoms with E-state index in [0.717, 1.165) is 25.2 Å². The smallest absolute Gasteiger partial charge is 0.192 e. The second-order valence-corrected chi connectivity index (χ2v) is 7.41. The minimum Gasteiger partial charge on any atom is -0.370 e. The highest BCUT2D eigenvalue weighted by molar-refractivity contribution is 5.80. The molecule has 25 heavy (non-hydrogen) atoms. The molecule has 0 amide bonds. The van der Waals surface area contributed by atoms with Crippen LogP contribution in [-0.4, -0.2) is 22.9 Å². The second-order valence-electron chi connectivity index (χ2n) is 7.41. The van der Waals surface area contributed by atoms with E-state index in [0.29, 0.717) is 12.1 Å². The summed E-state index contributed by atoms with van der Waals surface area (Å²) in [6, 6.07) is 20.6. The van der Waals surface area contributed by atoms with Gasteiger partial charge in [0.2, 0.25) is 0 Å². The van der Waals surface area contributed by atoms with Crippen LogP contribution < -0.4 is 5.73 Å². The average Bonchev–Trinajstić information content (AvgIpc) is 3.05. The number of aryl methyl sites for hydroxylation is 2. The molecule has 130 valence electrons. The van der Waals surface area contributed by atoms with Crippen molar-refractivity contribution in [1.29, 1.82) is 0 Å². The molecular formula is C22H27N3. The maximum atomic E-state index is 6.43. The number of benzene rings is 2. The first-order valence-corrected chi connectivity index (χ1v) is 9.43. The Labute approximate surface area is 150 Å². The molecule has 1 saturated heterocycles. The molecule has 1 fully saturated rings. The van der Waals surface area contributed by atoms with Crippen molar-refractivity contribution in [3.05, 3.63) is 71.3 Å². The lowest BCUT2D eigenvalue weighted by molar-refractivity contribution is 0.256. The van der Waals surface area contributed by atoms with Crippen molar-refractivity contribution in [2.24, 2.45) is 10.7 Å². The highest BCUT2D eigenvalue weighted by atomic mass is 15.3. The Morgan fingerprint density at radius 2 is 1.80 bits per heavy atom. The quantitative estimate of drug-likeness (QED) is 0.910. The van der Waals surface area contributed by atoms with E-state index < -0.39 is 0 Å². The molecule has 2 aromatic carbocycles. The summed E-state index contributed by atoms with van der Waals surface area (Å²) < 4.78 is 0. The van der Waals surface area contributed by atoms with Gasteiger partial charge in [-0.05, 0) is 55.7 Å². The molecule has 0 bridgehead atoms. The van der Waals surface area contributed by atoms with Gasteiger partial charge in [0.05, 0.1) is 6.04 Å². The molecule has 2 aliphatic rings. The molecule has 3 atom stereocenters. The molecule has 0 aromatic heterocycles. The van der Waals surface area contributed by atoms with Crippen molar-refractivity contribution in [1.82, 2.24) is 4.90 Å². The molecule has 3 heteroatoms. The van der Waals surface area contributed by atoms with Gasteiger partial charge in [-0.25, -0.2) is 4.99 Å². The van der Waals surface area contributed by atoms with E-state index in [-0.39, 0.29) is 6.04 Å². The van der Waals surface area contributed by atoms with Gasteiger partial charge in [-0.1, -0.05) is 54.6 Å². The summed E-state index contributed by atoms with van der Waals surface area (Å²) in [7, 11) is 0. The minimum atomic E-state index is 0.218. The van der Waals surface area contributed by atoms with E-state index in [1.165, 1.54) is 29.5 Å². The third-order valence-corrected chi connectivity index (χ3v) is 5.82. The van der Waals surface area contributed by atoms with Crippen LogP contribution in [0.2, 0.25) is 0 Å². The van der Waals surface area contributed by atoms with E-state index >= 15 is 0 Å². The summed E-state index contributed by atoms with van der Waals surface area (Å²) in [5, 5.41) is 0. The molecule has 0 unspecified atom stereocenters. The van der Waals surface area contributed by atoms with Gasteiger partial charge in [0.1, 0.15) is 0 Å². The van der Waals surface area contributed by atoms with Crippen LogP contribution in [0.3, 0.4) is 0 Å². The predicted octanol–water partition coefficient (Wildman–Crippen LogP) is 4.22. The minimum absolute atomic E-state index is 0.218. The molecule has 0 radical (unpaired) electrons. The van der Waals surface area contributed by atoms with E-state index in [2.05, 4.69) is 66.4 Å². The Balaban J connectivity index is 1.48. The Bertz CT molecular complexity index is 753. The van der Waals surface area contributed by atoms with Crippen molar-refractivity contribution < 1.29 is 0 Å². The highest BCUT2D eigenvalue weighted by Crippen LogP contribution is 2.38. The third-order valence-electron chi connectivity index (χ3n) is 5.82. The fraction of sp³-hybridized carbons (Fsp3) is 0.409. The number of rotatable bonds is 4. The van der Waals surface area contributed by atoms with Gasteiger partial charge >= 0.3 is 0 Å². The van der Waals surface area contributed by atoms with Crippen molar-refractivity contribution >= 4 is 5.96 Å². The number of fused-ring (bicyclic) bond motifs is 1. The van der Waals surface area contributed by atoms with Gasteiger partial charge in [0.15, 0.2) is 5.96 Å². The molecule has 2 heterocycles. The molecule has 3 nitrogen and oxygen atoms in total. The van der Waals surface area contributed by atoms with Gasteiger partial charge < -0.3 is 10.6 Å². The number of guanidine groups is 1. The average molecular weight is 333 g/mol. The third kappa shape index (κ3) is 3.28. The van der Waals surface area contributed by atoms with Crippen LogP contribution in [0.4, 0.5) is 0 Å². The zero-order valence-corrected chi connectivity index (χ0v) is 14.9. The first kappa shape index (κ1) is 16.2. The van der Waals surface area contributed by atoms with Gasteiger partial charge in [0.25, 0.3) is 0 Å². The van der Waals surface area contributed by atoms with Crippen LogP contribution in [0.15, 0.2) is 59.6 Å². The summed E-state index contributed by atoms with van der Waals surface area (Å²) in [6.07, 6.45) is 5.83. The van der Waals surface area contributed by atoms with Crippen LogP contribution in [-0.2, 0) is 6.42 Å². The van der Waals surface area contributed by atoms with Gasteiger partial charge in [-0.3, -0.25) is 0 Å². The monoisotopic (exact) mass is 333 g/mol. The summed E-state index contributed by atoms with van der Waals surface area (Å²) in [5.74, 6) is 0.750. The maximum absolute atomic E-state index is 6.43. The second kappa shape index (κ2) is 6.91.